The number of hydrogen-bond donors (Lipinski definition) is 0. The predicted molar refractivity (Wildman–Crippen MR) is 146 cm³/mol. The van der Waals surface area contributed by atoms with Crippen molar-refractivity contribution >= 4 is 5.91 Å². The Morgan fingerprint density at radius 1 is 0.763 bits per heavy atom. The topological polar surface area (TPSA) is 32.8 Å². The van der Waals surface area contributed by atoms with Gasteiger partial charge in [0.1, 0.15) is 18.2 Å². The number of hydrogen-bond acceptors (Lipinski definition) is 3. The summed E-state index contributed by atoms with van der Waals surface area (Å²) in [5.41, 5.74) is 4.08. The molecule has 2 fully saturated rings. The summed E-state index contributed by atoms with van der Waals surface area (Å²) >= 11 is 0. The first-order chi connectivity index (χ1) is 18.7. The predicted octanol–water partition coefficient (Wildman–Crippen LogP) is 6.38. The van der Waals surface area contributed by atoms with E-state index in [1.807, 2.05) is 47.4 Å². The first-order valence-electron chi connectivity index (χ1n) is 13.2. The summed E-state index contributed by atoms with van der Waals surface area (Å²) in [6.45, 7) is 2.35. The van der Waals surface area contributed by atoms with Crippen molar-refractivity contribution < 1.29 is 13.9 Å². The van der Waals surface area contributed by atoms with E-state index >= 15 is 0 Å². The van der Waals surface area contributed by atoms with Crippen LogP contribution in [-0.2, 0) is 24.5 Å². The van der Waals surface area contributed by atoms with E-state index < -0.39 is 0 Å². The van der Waals surface area contributed by atoms with Crippen LogP contribution < -0.4 is 4.74 Å². The highest BCUT2D eigenvalue weighted by Gasteiger charge is 2.51. The van der Waals surface area contributed by atoms with Crippen LogP contribution in [0.5, 0.6) is 5.75 Å². The summed E-state index contributed by atoms with van der Waals surface area (Å²) in [6, 6.07) is 35.4. The Morgan fingerprint density at radius 3 is 2.08 bits per heavy atom. The van der Waals surface area contributed by atoms with Crippen molar-refractivity contribution in [3.05, 3.63) is 137 Å². The van der Waals surface area contributed by atoms with Gasteiger partial charge in [-0.05, 0) is 41.3 Å². The molecule has 2 heterocycles. The van der Waals surface area contributed by atoms with E-state index in [1.165, 1.54) is 17.2 Å². The zero-order chi connectivity index (χ0) is 25.9. The zero-order valence-electron chi connectivity index (χ0n) is 21.2. The van der Waals surface area contributed by atoms with Gasteiger partial charge in [-0.25, -0.2) is 4.39 Å². The minimum atomic E-state index is -0.260. The molecule has 0 radical (unpaired) electrons. The van der Waals surface area contributed by atoms with Crippen LogP contribution >= 0.6 is 0 Å². The number of rotatable bonds is 8. The van der Waals surface area contributed by atoms with Crippen molar-refractivity contribution in [3.8, 4) is 5.75 Å². The lowest BCUT2D eigenvalue weighted by atomic mass is 9.98. The van der Waals surface area contributed by atoms with Gasteiger partial charge < -0.3 is 9.64 Å². The molecule has 4 aromatic carbocycles. The molecule has 4 aromatic rings. The normalized spacial score (nSPS) is 21.0. The average molecular weight is 507 g/mol. The number of nitrogens with zero attached hydrogens (tertiary/aromatic N) is 2. The van der Waals surface area contributed by atoms with Crippen molar-refractivity contribution in [2.75, 3.05) is 6.54 Å². The number of carbonyl (C=O) groups is 1. The molecule has 0 aromatic heterocycles. The van der Waals surface area contributed by atoms with Crippen molar-refractivity contribution in [2.45, 2.75) is 38.2 Å². The fourth-order valence-electron chi connectivity index (χ4n) is 5.93. The lowest BCUT2D eigenvalue weighted by molar-refractivity contribution is -0.133. The summed E-state index contributed by atoms with van der Waals surface area (Å²) < 4.78 is 19.8. The maximum absolute atomic E-state index is 14.0. The Kier molecular flexibility index (Phi) is 6.93. The van der Waals surface area contributed by atoms with Gasteiger partial charge in [0.05, 0.1) is 6.04 Å². The second-order valence-corrected chi connectivity index (χ2v) is 10.3. The molecular formula is C33H31FN2O2. The first kappa shape index (κ1) is 24.4. The van der Waals surface area contributed by atoms with E-state index in [-0.39, 0.29) is 36.3 Å². The standard InChI is InChI=1S/C33H31FN2O2/c34-30-14-8-7-13-27(30)23-38-29-17-15-26(16-18-29)31-19-28-22-35(20-24-9-3-1-4-10-24)33(37)32(28)36(31)21-25-11-5-2-6-12-25/h1-18,28,31-32H,19-23H2. The van der Waals surface area contributed by atoms with Crippen LogP contribution in [0.3, 0.4) is 0 Å². The van der Waals surface area contributed by atoms with E-state index in [4.69, 9.17) is 4.74 Å². The Bertz CT molecular complexity index is 1380. The Labute approximate surface area is 223 Å². The van der Waals surface area contributed by atoms with Crippen molar-refractivity contribution in [2.24, 2.45) is 5.92 Å². The Morgan fingerprint density at radius 2 is 1.39 bits per heavy atom. The molecule has 5 heteroatoms. The van der Waals surface area contributed by atoms with Crippen LogP contribution in [0.15, 0.2) is 109 Å². The second-order valence-electron chi connectivity index (χ2n) is 10.3. The third-order valence-electron chi connectivity index (χ3n) is 7.79. The van der Waals surface area contributed by atoms with Crippen LogP contribution in [0.25, 0.3) is 0 Å². The van der Waals surface area contributed by atoms with Gasteiger partial charge in [0, 0.05) is 37.2 Å². The van der Waals surface area contributed by atoms with Gasteiger partial charge in [-0.1, -0.05) is 91.0 Å². The van der Waals surface area contributed by atoms with Gasteiger partial charge in [-0.2, -0.15) is 0 Å². The van der Waals surface area contributed by atoms with E-state index in [0.29, 0.717) is 17.9 Å². The van der Waals surface area contributed by atoms with Gasteiger partial charge in [0.15, 0.2) is 0 Å². The van der Waals surface area contributed by atoms with Crippen LogP contribution in [-0.4, -0.2) is 28.3 Å². The number of benzene rings is 4. The molecular weight excluding hydrogens is 475 g/mol. The van der Waals surface area contributed by atoms with E-state index in [9.17, 15) is 9.18 Å². The highest BCUT2D eigenvalue weighted by atomic mass is 19.1. The molecule has 2 aliphatic rings. The molecule has 1 amide bonds. The second kappa shape index (κ2) is 10.8. The minimum Gasteiger partial charge on any atom is -0.489 e. The number of fused-ring (bicyclic) bond motifs is 1. The molecule has 38 heavy (non-hydrogen) atoms. The number of amides is 1. The molecule has 2 saturated heterocycles. The SMILES string of the molecule is O=C1C2C(CC(c3ccc(OCc4ccccc4F)cc3)N2Cc2ccccc2)CN1Cc1ccccc1. The van der Waals surface area contributed by atoms with Gasteiger partial charge in [0.25, 0.3) is 0 Å². The van der Waals surface area contributed by atoms with E-state index in [1.54, 1.807) is 12.1 Å². The lowest BCUT2D eigenvalue weighted by Gasteiger charge is -2.30. The zero-order valence-corrected chi connectivity index (χ0v) is 21.2. The minimum absolute atomic E-state index is 0.124. The molecule has 0 aliphatic carbocycles. The molecule has 3 atom stereocenters. The van der Waals surface area contributed by atoms with Gasteiger partial charge in [-0.15, -0.1) is 0 Å². The van der Waals surface area contributed by atoms with Crippen LogP contribution in [0.4, 0.5) is 4.39 Å². The average Bonchev–Trinajstić information content (AvgIpc) is 3.45. The summed E-state index contributed by atoms with van der Waals surface area (Å²) in [7, 11) is 0. The van der Waals surface area contributed by atoms with Crippen LogP contribution in [0.1, 0.15) is 34.7 Å². The summed E-state index contributed by atoms with van der Waals surface area (Å²) in [6.07, 6.45) is 0.934. The third kappa shape index (κ3) is 5.07. The number of likely N-dealkylation sites (tertiary alicyclic amines) is 2. The summed E-state index contributed by atoms with van der Waals surface area (Å²) in [5.74, 6) is 0.957. The van der Waals surface area contributed by atoms with E-state index in [0.717, 1.165) is 25.1 Å². The summed E-state index contributed by atoms with van der Waals surface area (Å²) in [5, 5.41) is 0. The van der Waals surface area contributed by atoms with Crippen molar-refractivity contribution in [1.82, 2.24) is 9.80 Å². The lowest BCUT2D eigenvalue weighted by Crippen LogP contribution is -2.40. The Balaban J connectivity index is 1.20. The first-order valence-corrected chi connectivity index (χ1v) is 13.2. The molecule has 6 rings (SSSR count). The molecule has 0 saturated carbocycles. The molecule has 0 bridgehead atoms. The molecule has 192 valence electrons. The number of ether oxygens (including phenoxy) is 1. The van der Waals surface area contributed by atoms with Crippen LogP contribution in [0.2, 0.25) is 0 Å². The van der Waals surface area contributed by atoms with Crippen LogP contribution in [0, 0.1) is 11.7 Å². The maximum atomic E-state index is 14.0. The molecule has 0 N–H and O–H groups in total. The third-order valence-corrected chi connectivity index (χ3v) is 7.79. The van der Waals surface area contributed by atoms with E-state index in [2.05, 4.69) is 53.4 Å². The molecule has 4 nitrogen and oxygen atoms in total. The van der Waals surface area contributed by atoms with Gasteiger partial charge >= 0.3 is 0 Å². The van der Waals surface area contributed by atoms with Crippen molar-refractivity contribution in [1.29, 1.82) is 0 Å². The monoisotopic (exact) mass is 506 g/mol. The highest BCUT2D eigenvalue weighted by molar-refractivity contribution is 5.85. The fourth-order valence-corrected chi connectivity index (χ4v) is 5.93. The fraction of sp³-hybridized carbons (Fsp3) is 0.242. The Hall–Kier alpha value is -3.96. The smallest absolute Gasteiger partial charge is 0.240 e. The van der Waals surface area contributed by atoms with Gasteiger partial charge in [-0.3, -0.25) is 9.69 Å². The summed E-state index contributed by atoms with van der Waals surface area (Å²) in [4.78, 5) is 18.1. The molecule has 3 unspecified atom stereocenters. The van der Waals surface area contributed by atoms with Gasteiger partial charge in [0.2, 0.25) is 5.91 Å². The van der Waals surface area contributed by atoms with Crippen molar-refractivity contribution in [3.63, 3.8) is 0 Å². The number of halogens is 1. The molecule has 2 aliphatic heterocycles. The quantitative estimate of drug-likeness (QED) is 0.278. The largest absolute Gasteiger partial charge is 0.489 e. The number of carbonyl (C=O) groups excluding carboxylic acids is 1. The maximum Gasteiger partial charge on any atom is 0.240 e. The molecule has 0 spiro atoms. The highest BCUT2D eigenvalue weighted by Crippen LogP contribution is 2.45.